The van der Waals surface area contributed by atoms with Gasteiger partial charge in [-0.1, -0.05) is 41.6 Å². The van der Waals surface area contributed by atoms with Crippen LogP contribution in [-0.2, 0) is 6.54 Å². The molecule has 2 heterocycles. The van der Waals surface area contributed by atoms with Crippen molar-refractivity contribution in [2.75, 3.05) is 71.9 Å². The number of aliphatic hydroxyl groups is 1. The van der Waals surface area contributed by atoms with E-state index in [-0.39, 0.29) is 0 Å². The molecule has 0 saturated carbocycles. The molecule has 0 aliphatic carbocycles. The van der Waals surface area contributed by atoms with Gasteiger partial charge in [-0.05, 0) is 28.1 Å². The third-order valence-corrected chi connectivity index (χ3v) is 5.83. The van der Waals surface area contributed by atoms with Gasteiger partial charge in [0.15, 0.2) is 0 Å². The molecule has 1 saturated heterocycles. The summed E-state index contributed by atoms with van der Waals surface area (Å²) in [4.78, 5) is 9.04. The van der Waals surface area contributed by atoms with Crippen LogP contribution in [-0.4, -0.2) is 97.5 Å². The summed E-state index contributed by atoms with van der Waals surface area (Å²) < 4.78 is 5.95. The summed E-state index contributed by atoms with van der Waals surface area (Å²) in [6, 6.07) is 10.2. The number of rotatable bonds is 10. The molecule has 1 fully saturated rings. The van der Waals surface area contributed by atoms with Crippen molar-refractivity contribution in [3.05, 3.63) is 48.6 Å². The highest BCUT2D eigenvalue weighted by Crippen LogP contribution is 2.33. The van der Waals surface area contributed by atoms with E-state index in [0.29, 0.717) is 13.1 Å². The third-order valence-electron chi connectivity index (χ3n) is 5.83. The molecule has 170 valence electrons. The minimum absolute atomic E-state index is 0.492. The molecule has 0 amide bonds. The van der Waals surface area contributed by atoms with Crippen LogP contribution in [0.3, 0.4) is 0 Å². The SMILES string of the molecule is C=CC(C)(O)CN(CCN(C)C)Cc1c(-c2ccccc2)noc1N1CCN(C)CC1. The fourth-order valence-electron chi connectivity index (χ4n) is 3.82. The van der Waals surface area contributed by atoms with Crippen molar-refractivity contribution in [1.82, 2.24) is 19.9 Å². The minimum Gasteiger partial charge on any atom is -0.385 e. The second kappa shape index (κ2) is 10.4. The fraction of sp³-hybridized carbons (Fsp3) is 0.542. The number of hydrogen-bond acceptors (Lipinski definition) is 7. The molecule has 3 rings (SSSR count). The first-order valence-electron chi connectivity index (χ1n) is 11.0. The van der Waals surface area contributed by atoms with Crippen LogP contribution in [0.5, 0.6) is 0 Å². The van der Waals surface area contributed by atoms with Crippen LogP contribution in [0.1, 0.15) is 12.5 Å². The van der Waals surface area contributed by atoms with E-state index in [1.165, 1.54) is 0 Å². The molecule has 7 nitrogen and oxygen atoms in total. The summed E-state index contributed by atoms with van der Waals surface area (Å²) in [7, 11) is 6.27. The smallest absolute Gasteiger partial charge is 0.232 e. The van der Waals surface area contributed by atoms with E-state index in [1.54, 1.807) is 13.0 Å². The Kier molecular flexibility index (Phi) is 7.89. The normalized spacial score (nSPS) is 17.3. The zero-order valence-corrected chi connectivity index (χ0v) is 19.4. The van der Waals surface area contributed by atoms with Crippen LogP contribution < -0.4 is 4.90 Å². The lowest BCUT2D eigenvalue weighted by Gasteiger charge is -2.34. The van der Waals surface area contributed by atoms with Crippen molar-refractivity contribution in [3.8, 4) is 11.3 Å². The number of benzene rings is 1. The monoisotopic (exact) mass is 427 g/mol. The lowest BCUT2D eigenvalue weighted by molar-refractivity contribution is 0.0562. The number of likely N-dealkylation sites (N-methyl/N-ethyl adjacent to an activating group) is 2. The van der Waals surface area contributed by atoms with Crippen LogP contribution in [0.2, 0.25) is 0 Å². The minimum atomic E-state index is -0.968. The van der Waals surface area contributed by atoms with E-state index in [4.69, 9.17) is 4.52 Å². The van der Waals surface area contributed by atoms with Crippen molar-refractivity contribution in [3.63, 3.8) is 0 Å². The Hall–Kier alpha value is -2.19. The second-order valence-electron chi connectivity index (χ2n) is 9.05. The third kappa shape index (κ3) is 6.40. The van der Waals surface area contributed by atoms with Gasteiger partial charge in [0.25, 0.3) is 0 Å². The number of piperazine rings is 1. The summed E-state index contributed by atoms with van der Waals surface area (Å²) in [6.07, 6.45) is 1.61. The lowest BCUT2D eigenvalue weighted by atomic mass is 10.0. The number of anilines is 1. The van der Waals surface area contributed by atoms with Gasteiger partial charge in [-0.3, -0.25) is 4.90 Å². The van der Waals surface area contributed by atoms with Gasteiger partial charge in [-0.15, -0.1) is 6.58 Å². The van der Waals surface area contributed by atoms with E-state index in [1.807, 2.05) is 18.2 Å². The lowest BCUT2D eigenvalue weighted by Crippen LogP contribution is -2.45. The Morgan fingerprint density at radius 3 is 2.45 bits per heavy atom. The van der Waals surface area contributed by atoms with E-state index < -0.39 is 5.60 Å². The van der Waals surface area contributed by atoms with Gasteiger partial charge in [0, 0.05) is 57.9 Å². The molecule has 2 aromatic rings. The van der Waals surface area contributed by atoms with Crippen molar-refractivity contribution in [2.45, 2.75) is 19.1 Å². The van der Waals surface area contributed by atoms with Gasteiger partial charge < -0.3 is 24.3 Å². The van der Waals surface area contributed by atoms with Gasteiger partial charge in [-0.2, -0.15) is 0 Å². The van der Waals surface area contributed by atoms with Gasteiger partial charge in [-0.25, -0.2) is 0 Å². The van der Waals surface area contributed by atoms with Gasteiger partial charge in [0.1, 0.15) is 5.69 Å². The maximum Gasteiger partial charge on any atom is 0.232 e. The van der Waals surface area contributed by atoms with Gasteiger partial charge in [0.05, 0.1) is 11.2 Å². The van der Waals surface area contributed by atoms with Crippen molar-refractivity contribution in [2.24, 2.45) is 0 Å². The molecule has 7 heteroatoms. The van der Waals surface area contributed by atoms with Gasteiger partial charge >= 0.3 is 0 Å². The first-order valence-corrected chi connectivity index (χ1v) is 11.0. The number of aromatic nitrogens is 1. The Labute approximate surface area is 186 Å². The van der Waals surface area contributed by atoms with Crippen LogP contribution in [0, 0.1) is 0 Å². The molecule has 1 aliphatic rings. The van der Waals surface area contributed by atoms with Crippen LogP contribution >= 0.6 is 0 Å². The number of nitrogens with zero attached hydrogens (tertiary/aromatic N) is 5. The molecule has 1 N–H and O–H groups in total. The molecule has 1 unspecified atom stereocenters. The van der Waals surface area contributed by atoms with E-state index in [9.17, 15) is 5.11 Å². The molecule has 1 aromatic carbocycles. The fourth-order valence-corrected chi connectivity index (χ4v) is 3.82. The van der Waals surface area contributed by atoms with Crippen LogP contribution in [0.4, 0.5) is 5.88 Å². The van der Waals surface area contributed by atoms with Crippen molar-refractivity contribution < 1.29 is 9.63 Å². The molecule has 31 heavy (non-hydrogen) atoms. The topological polar surface area (TPSA) is 59.2 Å². The van der Waals surface area contributed by atoms with Crippen LogP contribution in [0.15, 0.2) is 47.5 Å². The summed E-state index contributed by atoms with van der Waals surface area (Å²) in [5, 5.41) is 15.2. The zero-order chi connectivity index (χ0) is 22.4. The molecule has 0 spiro atoms. The van der Waals surface area contributed by atoms with Crippen LogP contribution in [0.25, 0.3) is 11.3 Å². The second-order valence-corrected chi connectivity index (χ2v) is 9.05. The first kappa shape index (κ1) is 23.5. The molecular formula is C24H37N5O2. The maximum atomic E-state index is 10.7. The zero-order valence-electron chi connectivity index (χ0n) is 19.4. The predicted octanol–water partition coefficient (Wildman–Crippen LogP) is 2.39. The van der Waals surface area contributed by atoms with E-state index >= 15 is 0 Å². The summed E-state index contributed by atoms with van der Waals surface area (Å²) in [5.41, 5.74) is 2.03. The highest BCUT2D eigenvalue weighted by molar-refractivity contribution is 5.68. The van der Waals surface area contributed by atoms with E-state index in [0.717, 1.165) is 62.0 Å². The predicted molar refractivity (Wildman–Crippen MR) is 126 cm³/mol. The average molecular weight is 428 g/mol. The molecule has 1 aliphatic heterocycles. The summed E-state index contributed by atoms with van der Waals surface area (Å²) in [5.74, 6) is 0.847. The standard InChI is InChI=1S/C24H37N5O2/c1-6-24(2,30)19-28(15-12-26(3)4)18-21-22(20-10-8-7-9-11-20)25-31-23(21)29-16-13-27(5)14-17-29/h6-11,30H,1,12-19H2,2-5H3. The summed E-state index contributed by atoms with van der Waals surface area (Å²) >= 11 is 0. The highest BCUT2D eigenvalue weighted by Gasteiger charge is 2.28. The largest absolute Gasteiger partial charge is 0.385 e. The Morgan fingerprint density at radius 2 is 1.84 bits per heavy atom. The first-order chi connectivity index (χ1) is 14.8. The molecular weight excluding hydrogens is 390 g/mol. The van der Waals surface area contributed by atoms with E-state index in [2.05, 4.69) is 64.6 Å². The number of hydrogen-bond donors (Lipinski definition) is 1. The average Bonchev–Trinajstić information content (AvgIpc) is 3.16. The van der Waals surface area contributed by atoms with Gasteiger partial charge in [0.2, 0.25) is 5.88 Å². The molecule has 0 bridgehead atoms. The highest BCUT2D eigenvalue weighted by atomic mass is 16.5. The summed E-state index contributed by atoms with van der Waals surface area (Å²) in [6.45, 7) is 12.3. The Bertz CT molecular complexity index is 826. The maximum absolute atomic E-state index is 10.7. The quantitative estimate of drug-likeness (QED) is 0.584. The van der Waals surface area contributed by atoms with Crippen molar-refractivity contribution >= 4 is 5.88 Å². The molecule has 0 radical (unpaired) electrons. The molecule has 1 aromatic heterocycles. The Balaban J connectivity index is 1.94. The Morgan fingerprint density at radius 1 is 1.16 bits per heavy atom. The van der Waals surface area contributed by atoms with Crippen molar-refractivity contribution in [1.29, 1.82) is 0 Å². The molecule has 1 atom stereocenters.